The number of methoxy groups -OCH3 is 1. The number of aromatic nitrogens is 3. The molecule has 2 N–H and O–H groups in total. The van der Waals surface area contributed by atoms with Gasteiger partial charge in [0.05, 0.1) is 23.6 Å². The number of amides is 1. The Bertz CT molecular complexity index is 1080. The van der Waals surface area contributed by atoms with Gasteiger partial charge in [0, 0.05) is 63.2 Å². The zero-order valence-electron chi connectivity index (χ0n) is 22.2. The monoisotopic (exact) mass is 512 g/mol. The van der Waals surface area contributed by atoms with E-state index in [0.717, 1.165) is 68.3 Å². The van der Waals surface area contributed by atoms with Crippen molar-refractivity contribution in [2.24, 2.45) is 5.92 Å². The Morgan fingerprint density at radius 1 is 1.14 bits per heavy atom. The van der Waals surface area contributed by atoms with Gasteiger partial charge in [-0.05, 0) is 58.4 Å². The average Bonchev–Trinajstić information content (AvgIpc) is 2.86. The summed E-state index contributed by atoms with van der Waals surface area (Å²) in [6, 6.07) is 0.0676. The van der Waals surface area contributed by atoms with Gasteiger partial charge >= 0.3 is 0 Å². The maximum absolute atomic E-state index is 12.9. The van der Waals surface area contributed by atoms with Crippen LogP contribution in [-0.2, 0) is 9.53 Å². The SMILES string of the molecule is COC[C@H](C)Nc1ncc2c(O[C@H]3C[C@@H](C(=O)N4CCN(C)CC4)C3)ncc([C@H]3CC[C@H](O)CC3)c2n1. The van der Waals surface area contributed by atoms with Crippen LogP contribution < -0.4 is 10.1 Å². The third-order valence-electron chi connectivity index (χ3n) is 8.08. The van der Waals surface area contributed by atoms with Crippen molar-refractivity contribution in [3.63, 3.8) is 0 Å². The lowest BCUT2D eigenvalue weighted by molar-refractivity contribution is -0.143. The van der Waals surface area contributed by atoms with E-state index in [1.54, 1.807) is 13.3 Å². The van der Waals surface area contributed by atoms with E-state index in [2.05, 4.69) is 22.2 Å². The van der Waals surface area contributed by atoms with Gasteiger partial charge in [0.25, 0.3) is 0 Å². The van der Waals surface area contributed by atoms with E-state index in [4.69, 9.17) is 19.4 Å². The summed E-state index contributed by atoms with van der Waals surface area (Å²) in [6.07, 6.45) is 8.24. The molecule has 10 nitrogen and oxygen atoms in total. The number of hydrogen-bond donors (Lipinski definition) is 2. The highest BCUT2D eigenvalue weighted by molar-refractivity contribution is 5.87. The fourth-order valence-electron chi connectivity index (χ4n) is 5.68. The Hall–Kier alpha value is -2.56. The number of nitrogens with one attached hydrogen (secondary N) is 1. The molecule has 3 fully saturated rings. The van der Waals surface area contributed by atoms with Crippen LogP contribution in [0.1, 0.15) is 56.9 Å². The fourth-order valence-corrected chi connectivity index (χ4v) is 5.68. The zero-order chi connectivity index (χ0) is 25.9. The van der Waals surface area contributed by atoms with Crippen molar-refractivity contribution in [3.05, 3.63) is 18.0 Å². The standard InChI is InChI=1S/C27H40N6O4/c1-17(16-36-3)30-27-29-15-23-24(31-27)22(18-4-6-20(34)7-5-18)14-28-25(23)37-21-12-19(13-21)26(35)33-10-8-32(2)9-11-33/h14-15,17-21,34H,4-13,16H2,1-3H3,(H,29,30,31)/t17-,18-,19-,20-,21+/m0/s1. The normalized spacial score (nSPS) is 27.5. The van der Waals surface area contributed by atoms with Crippen LogP contribution in [0.5, 0.6) is 5.88 Å². The van der Waals surface area contributed by atoms with Crippen molar-refractivity contribution in [3.8, 4) is 5.88 Å². The number of rotatable bonds is 8. The molecule has 10 heteroatoms. The first kappa shape index (κ1) is 26.1. The van der Waals surface area contributed by atoms with Crippen molar-refractivity contribution < 1.29 is 19.4 Å². The third kappa shape index (κ3) is 5.97. The summed E-state index contributed by atoms with van der Waals surface area (Å²) in [5.74, 6) is 1.65. The van der Waals surface area contributed by atoms with E-state index in [-0.39, 0.29) is 30.1 Å². The number of piperazine rings is 1. The van der Waals surface area contributed by atoms with Crippen LogP contribution in [0.3, 0.4) is 0 Å². The Labute approximate surface area is 218 Å². The molecular formula is C27H40N6O4. The van der Waals surface area contributed by atoms with E-state index in [1.807, 2.05) is 18.0 Å². The average molecular weight is 513 g/mol. The molecule has 0 radical (unpaired) electrons. The quantitative estimate of drug-likeness (QED) is 0.551. The fraction of sp³-hybridized carbons (Fsp3) is 0.704. The van der Waals surface area contributed by atoms with Gasteiger partial charge in [-0.15, -0.1) is 0 Å². The first-order valence-corrected chi connectivity index (χ1v) is 13.6. The number of aliphatic hydroxyl groups excluding tert-OH is 1. The number of pyridine rings is 1. The van der Waals surface area contributed by atoms with Crippen LogP contribution in [0.15, 0.2) is 12.4 Å². The van der Waals surface area contributed by atoms with Gasteiger partial charge in [-0.3, -0.25) is 4.79 Å². The summed E-state index contributed by atoms with van der Waals surface area (Å²) < 4.78 is 11.6. The van der Waals surface area contributed by atoms with Crippen molar-refractivity contribution in [1.82, 2.24) is 24.8 Å². The highest BCUT2D eigenvalue weighted by Crippen LogP contribution is 2.39. The molecule has 1 saturated heterocycles. The second-order valence-corrected chi connectivity index (χ2v) is 11.0. The largest absolute Gasteiger partial charge is 0.474 e. The predicted octanol–water partition coefficient (Wildman–Crippen LogP) is 2.42. The van der Waals surface area contributed by atoms with Crippen molar-refractivity contribution in [2.75, 3.05) is 52.3 Å². The van der Waals surface area contributed by atoms with Gasteiger partial charge in [0.2, 0.25) is 17.7 Å². The Morgan fingerprint density at radius 2 is 1.86 bits per heavy atom. The van der Waals surface area contributed by atoms with Gasteiger partial charge in [0.15, 0.2) is 0 Å². The van der Waals surface area contributed by atoms with Crippen molar-refractivity contribution >= 4 is 22.8 Å². The van der Waals surface area contributed by atoms with Gasteiger partial charge in [-0.25, -0.2) is 15.0 Å². The number of carbonyl (C=O) groups excluding carboxylic acids is 1. The minimum absolute atomic E-state index is 0.0296. The van der Waals surface area contributed by atoms with Gasteiger partial charge in [0.1, 0.15) is 6.10 Å². The lowest BCUT2D eigenvalue weighted by atomic mass is 9.81. The summed E-state index contributed by atoms with van der Waals surface area (Å²) >= 11 is 0. The first-order valence-electron chi connectivity index (χ1n) is 13.6. The summed E-state index contributed by atoms with van der Waals surface area (Å²) in [5.41, 5.74) is 1.92. The number of anilines is 1. The topological polar surface area (TPSA) is 113 Å². The molecule has 3 aliphatic rings. The highest BCUT2D eigenvalue weighted by atomic mass is 16.5. The van der Waals surface area contributed by atoms with E-state index in [0.29, 0.717) is 37.2 Å². The van der Waals surface area contributed by atoms with Crippen LogP contribution in [0.25, 0.3) is 10.9 Å². The maximum Gasteiger partial charge on any atom is 0.226 e. The number of likely N-dealkylation sites (N-methyl/N-ethyl adjacent to an activating group) is 1. The number of fused-ring (bicyclic) bond motifs is 1. The van der Waals surface area contributed by atoms with E-state index in [1.165, 1.54) is 0 Å². The number of aliphatic hydroxyl groups is 1. The molecule has 1 amide bonds. The Kier molecular flexibility index (Phi) is 8.07. The van der Waals surface area contributed by atoms with Gasteiger partial charge < -0.3 is 29.7 Å². The molecule has 0 bridgehead atoms. The van der Waals surface area contributed by atoms with Gasteiger partial charge in [-0.1, -0.05) is 0 Å². The van der Waals surface area contributed by atoms with Crippen LogP contribution in [0.2, 0.25) is 0 Å². The molecule has 1 atom stereocenters. The molecular weight excluding hydrogens is 472 g/mol. The van der Waals surface area contributed by atoms with Crippen LogP contribution >= 0.6 is 0 Å². The van der Waals surface area contributed by atoms with E-state index >= 15 is 0 Å². The van der Waals surface area contributed by atoms with Gasteiger partial charge in [-0.2, -0.15) is 0 Å². The van der Waals surface area contributed by atoms with Crippen LogP contribution in [0, 0.1) is 5.92 Å². The molecule has 3 heterocycles. The smallest absolute Gasteiger partial charge is 0.226 e. The molecule has 37 heavy (non-hydrogen) atoms. The minimum atomic E-state index is -0.222. The Morgan fingerprint density at radius 3 is 2.57 bits per heavy atom. The number of ether oxygens (including phenoxy) is 2. The summed E-state index contributed by atoms with van der Waals surface area (Å²) in [7, 11) is 3.77. The summed E-state index contributed by atoms with van der Waals surface area (Å²) in [6.45, 7) is 6.05. The van der Waals surface area contributed by atoms with Crippen LogP contribution in [-0.4, -0.2) is 101 Å². The molecule has 0 aromatic carbocycles. The molecule has 202 valence electrons. The molecule has 0 spiro atoms. The maximum atomic E-state index is 12.9. The lowest BCUT2D eigenvalue weighted by Crippen LogP contribution is -2.52. The van der Waals surface area contributed by atoms with Crippen molar-refractivity contribution in [1.29, 1.82) is 0 Å². The van der Waals surface area contributed by atoms with Crippen LogP contribution in [0.4, 0.5) is 5.95 Å². The molecule has 2 aromatic rings. The zero-order valence-corrected chi connectivity index (χ0v) is 22.2. The summed E-state index contributed by atoms with van der Waals surface area (Å²) in [4.78, 5) is 31.3. The first-order chi connectivity index (χ1) is 17.9. The molecule has 2 saturated carbocycles. The highest BCUT2D eigenvalue weighted by Gasteiger charge is 2.39. The molecule has 5 rings (SSSR count). The predicted molar refractivity (Wildman–Crippen MR) is 141 cm³/mol. The number of hydrogen-bond acceptors (Lipinski definition) is 9. The molecule has 0 unspecified atom stereocenters. The lowest BCUT2D eigenvalue weighted by Gasteiger charge is -2.40. The van der Waals surface area contributed by atoms with E-state index in [9.17, 15) is 9.90 Å². The minimum Gasteiger partial charge on any atom is -0.474 e. The van der Waals surface area contributed by atoms with Crippen molar-refractivity contribution in [2.45, 2.75) is 69.6 Å². The summed E-state index contributed by atoms with van der Waals surface area (Å²) in [5, 5.41) is 14.1. The second-order valence-electron chi connectivity index (χ2n) is 11.0. The Balaban J connectivity index is 1.31. The van der Waals surface area contributed by atoms with E-state index < -0.39 is 0 Å². The molecule has 2 aromatic heterocycles. The number of nitrogens with zero attached hydrogens (tertiary/aromatic N) is 5. The number of carbonyl (C=O) groups is 1. The molecule has 2 aliphatic carbocycles. The third-order valence-corrected chi connectivity index (χ3v) is 8.08. The molecule has 1 aliphatic heterocycles. The second kappa shape index (κ2) is 11.4.